The number of ketones is 1. The number of anilines is 1. The Morgan fingerprint density at radius 3 is 2.45 bits per heavy atom. The summed E-state index contributed by atoms with van der Waals surface area (Å²) in [5.74, 6) is -0.340. The molecule has 0 fully saturated rings. The number of hydrogen-bond donors (Lipinski definition) is 1. The predicted molar refractivity (Wildman–Crippen MR) is 131 cm³/mol. The van der Waals surface area contributed by atoms with Crippen molar-refractivity contribution in [3.8, 4) is 11.3 Å². The van der Waals surface area contributed by atoms with Crippen LogP contribution in [-0.4, -0.2) is 43.0 Å². The fraction of sp³-hybridized carbons (Fsp3) is 0.292. The third-order valence-electron chi connectivity index (χ3n) is 5.27. The lowest BCUT2D eigenvalue weighted by Gasteiger charge is -2.17. The molecule has 0 spiro atoms. The molecule has 1 amide bonds. The van der Waals surface area contributed by atoms with Crippen LogP contribution >= 0.6 is 11.3 Å². The maximum atomic E-state index is 12.7. The van der Waals surface area contributed by atoms with E-state index in [1.54, 1.807) is 0 Å². The van der Waals surface area contributed by atoms with E-state index in [1.807, 2.05) is 31.4 Å². The first-order valence-electron chi connectivity index (χ1n) is 10.5. The van der Waals surface area contributed by atoms with Gasteiger partial charge in [0, 0.05) is 36.5 Å². The number of Topliss-reactive ketones (excluding diaryl/α,β-unsaturated/α-hetero) is 1. The Labute approximate surface area is 198 Å². The second-order valence-electron chi connectivity index (χ2n) is 7.92. The monoisotopic (exact) mass is 485 g/mol. The molecule has 1 heterocycles. The standard InChI is InChI=1S/C24H27N3O4S2/c1-16-7-8-17(2)21(14-16)22-15-32-24(25-22)26-23(29)6-5-13-27(4)33(30,31)20-11-9-19(10-12-20)18(3)28/h7-12,14-15H,5-6,13H2,1-4H3,(H,25,26,29). The molecule has 3 aromatic rings. The Morgan fingerprint density at radius 2 is 1.79 bits per heavy atom. The van der Waals surface area contributed by atoms with Crippen molar-refractivity contribution in [2.45, 2.75) is 38.5 Å². The van der Waals surface area contributed by atoms with E-state index in [4.69, 9.17) is 0 Å². The van der Waals surface area contributed by atoms with Crippen molar-refractivity contribution in [2.75, 3.05) is 18.9 Å². The zero-order valence-corrected chi connectivity index (χ0v) is 20.7. The normalized spacial score (nSPS) is 11.5. The molecular weight excluding hydrogens is 458 g/mol. The Morgan fingerprint density at radius 1 is 1.09 bits per heavy atom. The number of nitrogens with zero attached hydrogens (tertiary/aromatic N) is 2. The number of aromatic nitrogens is 1. The van der Waals surface area contributed by atoms with Crippen molar-refractivity contribution in [3.05, 3.63) is 64.5 Å². The minimum atomic E-state index is -3.69. The van der Waals surface area contributed by atoms with E-state index in [0.717, 1.165) is 22.4 Å². The number of nitrogens with one attached hydrogen (secondary N) is 1. The topological polar surface area (TPSA) is 96.4 Å². The summed E-state index contributed by atoms with van der Waals surface area (Å²) < 4.78 is 26.6. The first-order chi connectivity index (χ1) is 15.6. The van der Waals surface area contributed by atoms with Crippen LogP contribution in [0.4, 0.5) is 5.13 Å². The maximum Gasteiger partial charge on any atom is 0.242 e. The summed E-state index contributed by atoms with van der Waals surface area (Å²) in [7, 11) is -2.22. The number of aryl methyl sites for hydroxylation is 2. The molecule has 0 atom stereocenters. The van der Waals surface area contributed by atoms with Gasteiger partial charge in [-0.3, -0.25) is 9.59 Å². The predicted octanol–water partition coefficient (Wildman–Crippen LogP) is 4.67. The van der Waals surface area contributed by atoms with Crippen molar-refractivity contribution in [2.24, 2.45) is 0 Å². The Bertz CT molecular complexity index is 1270. The molecule has 7 nitrogen and oxygen atoms in total. The van der Waals surface area contributed by atoms with Gasteiger partial charge < -0.3 is 5.32 Å². The van der Waals surface area contributed by atoms with Crippen LogP contribution in [0.3, 0.4) is 0 Å². The molecule has 0 aliphatic carbocycles. The van der Waals surface area contributed by atoms with Crippen molar-refractivity contribution in [3.63, 3.8) is 0 Å². The van der Waals surface area contributed by atoms with Gasteiger partial charge in [0.25, 0.3) is 0 Å². The van der Waals surface area contributed by atoms with Gasteiger partial charge >= 0.3 is 0 Å². The molecule has 0 unspecified atom stereocenters. The lowest BCUT2D eigenvalue weighted by molar-refractivity contribution is -0.116. The zero-order valence-electron chi connectivity index (χ0n) is 19.1. The highest BCUT2D eigenvalue weighted by Crippen LogP contribution is 2.28. The number of hydrogen-bond acceptors (Lipinski definition) is 6. The average molecular weight is 486 g/mol. The van der Waals surface area contributed by atoms with Crippen LogP contribution in [0.25, 0.3) is 11.3 Å². The summed E-state index contributed by atoms with van der Waals surface area (Å²) >= 11 is 1.36. The van der Waals surface area contributed by atoms with E-state index in [9.17, 15) is 18.0 Å². The van der Waals surface area contributed by atoms with Gasteiger partial charge in [-0.25, -0.2) is 17.7 Å². The fourth-order valence-corrected chi connectivity index (χ4v) is 5.21. The average Bonchev–Trinajstić information content (AvgIpc) is 3.23. The van der Waals surface area contributed by atoms with Crippen LogP contribution in [0, 0.1) is 13.8 Å². The van der Waals surface area contributed by atoms with E-state index in [2.05, 4.69) is 16.4 Å². The quantitative estimate of drug-likeness (QED) is 0.444. The number of carbonyl (C=O) groups is 2. The van der Waals surface area contributed by atoms with Crippen LogP contribution in [0.2, 0.25) is 0 Å². The Balaban J connectivity index is 1.53. The molecule has 0 saturated heterocycles. The van der Waals surface area contributed by atoms with Crippen LogP contribution in [0.15, 0.2) is 52.7 Å². The van der Waals surface area contributed by atoms with E-state index in [0.29, 0.717) is 17.1 Å². The van der Waals surface area contributed by atoms with Gasteiger partial charge in [-0.2, -0.15) is 0 Å². The molecule has 174 valence electrons. The van der Waals surface area contributed by atoms with Gasteiger partial charge in [-0.05, 0) is 51.0 Å². The first kappa shape index (κ1) is 24.8. The second-order valence-corrected chi connectivity index (χ2v) is 10.8. The second kappa shape index (κ2) is 10.4. The molecular formula is C24H27N3O4S2. The van der Waals surface area contributed by atoms with E-state index in [1.165, 1.54) is 53.9 Å². The highest BCUT2D eigenvalue weighted by molar-refractivity contribution is 7.89. The maximum absolute atomic E-state index is 12.7. The van der Waals surface area contributed by atoms with Gasteiger partial charge in [0.05, 0.1) is 10.6 Å². The number of carbonyl (C=O) groups excluding carboxylic acids is 2. The van der Waals surface area contributed by atoms with Crippen LogP contribution < -0.4 is 5.32 Å². The lowest BCUT2D eigenvalue weighted by Crippen LogP contribution is -2.28. The summed E-state index contributed by atoms with van der Waals surface area (Å²) in [6, 6.07) is 12.0. The molecule has 33 heavy (non-hydrogen) atoms. The smallest absolute Gasteiger partial charge is 0.242 e. The number of rotatable bonds is 9. The first-order valence-corrected chi connectivity index (χ1v) is 12.8. The minimum absolute atomic E-state index is 0.112. The van der Waals surface area contributed by atoms with Gasteiger partial charge in [-0.15, -0.1) is 11.3 Å². The SMILES string of the molecule is CC(=O)c1ccc(S(=O)(=O)N(C)CCCC(=O)Nc2nc(-c3cc(C)ccc3C)cs2)cc1. The molecule has 1 N–H and O–H groups in total. The molecule has 3 rings (SSSR count). The number of thiazole rings is 1. The molecule has 1 aromatic heterocycles. The van der Waals surface area contributed by atoms with Crippen molar-refractivity contribution < 1.29 is 18.0 Å². The zero-order chi connectivity index (χ0) is 24.2. The molecule has 0 radical (unpaired) electrons. The van der Waals surface area contributed by atoms with Gasteiger partial charge in [-0.1, -0.05) is 29.8 Å². The molecule has 2 aromatic carbocycles. The Hall–Kier alpha value is -2.88. The van der Waals surface area contributed by atoms with Crippen molar-refractivity contribution in [1.82, 2.24) is 9.29 Å². The molecule has 0 aliphatic heterocycles. The molecule has 9 heteroatoms. The highest BCUT2D eigenvalue weighted by Gasteiger charge is 2.21. The number of amides is 1. The largest absolute Gasteiger partial charge is 0.302 e. The van der Waals surface area contributed by atoms with Gasteiger partial charge in [0.1, 0.15) is 0 Å². The summed E-state index contributed by atoms with van der Waals surface area (Å²) in [6.07, 6.45) is 0.532. The molecule has 0 saturated carbocycles. The fourth-order valence-electron chi connectivity index (χ4n) is 3.27. The van der Waals surface area contributed by atoms with E-state index < -0.39 is 10.0 Å². The van der Waals surface area contributed by atoms with E-state index >= 15 is 0 Å². The summed E-state index contributed by atoms with van der Waals surface area (Å²) in [6.45, 7) is 5.66. The van der Waals surface area contributed by atoms with Crippen molar-refractivity contribution >= 4 is 38.2 Å². The molecule has 0 aliphatic rings. The van der Waals surface area contributed by atoms with Gasteiger partial charge in [0.15, 0.2) is 10.9 Å². The van der Waals surface area contributed by atoms with Crippen LogP contribution in [0.5, 0.6) is 0 Å². The van der Waals surface area contributed by atoms with Crippen molar-refractivity contribution in [1.29, 1.82) is 0 Å². The molecule has 0 bridgehead atoms. The van der Waals surface area contributed by atoms with E-state index in [-0.39, 0.29) is 29.6 Å². The third-order valence-corrected chi connectivity index (χ3v) is 7.89. The highest BCUT2D eigenvalue weighted by atomic mass is 32.2. The van der Waals surface area contributed by atoms with Gasteiger partial charge in [0.2, 0.25) is 15.9 Å². The number of sulfonamides is 1. The van der Waals surface area contributed by atoms with Crippen LogP contribution in [0.1, 0.15) is 41.3 Å². The lowest BCUT2D eigenvalue weighted by atomic mass is 10.0. The summed E-state index contributed by atoms with van der Waals surface area (Å²) in [5.41, 5.74) is 4.57. The minimum Gasteiger partial charge on any atom is -0.302 e. The third kappa shape index (κ3) is 6.13. The summed E-state index contributed by atoms with van der Waals surface area (Å²) in [4.78, 5) is 28.3. The summed E-state index contributed by atoms with van der Waals surface area (Å²) in [5, 5.41) is 5.22. The Kier molecular flexibility index (Phi) is 7.78. The van der Waals surface area contributed by atoms with Crippen LogP contribution in [-0.2, 0) is 14.8 Å². The number of benzene rings is 2.